The Labute approximate surface area is 191 Å². The van der Waals surface area contributed by atoms with E-state index in [0.717, 1.165) is 45.0 Å². The molecular weight excluding hydrogens is 486 g/mol. The molecule has 1 aromatic carbocycles. The lowest BCUT2D eigenvalue weighted by atomic mass is 9.89. The van der Waals surface area contributed by atoms with E-state index in [2.05, 4.69) is 36.6 Å². The number of hydrogen-bond donors (Lipinski definition) is 2. The molecule has 2 rings (SSSR count). The van der Waals surface area contributed by atoms with Gasteiger partial charge in [0.2, 0.25) is 0 Å². The first kappa shape index (κ1) is 25.9. The highest BCUT2D eigenvalue weighted by Crippen LogP contribution is 2.26. The van der Waals surface area contributed by atoms with Gasteiger partial charge in [-0.05, 0) is 52.4 Å². The number of nitrogens with zero attached hydrogens (tertiary/aromatic N) is 2. The highest BCUT2D eigenvalue weighted by atomic mass is 127. The molecule has 2 N–H and O–H groups in total. The molecule has 166 valence electrons. The van der Waals surface area contributed by atoms with Gasteiger partial charge in [0.1, 0.15) is 17.7 Å². The van der Waals surface area contributed by atoms with Crippen molar-refractivity contribution in [2.24, 2.45) is 4.99 Å². The molecular formula is C21H36FIN4O2. The molecule has 1 atom stereocenters. The van der Waals surface area contributed by atoms with Crippen molar-refractivity contribution < 1.29 is 13.9 Å². The van der Waals surface area contributed by atoms with E-state index >= 15 is 0 Å². The van der Waals surface area contributed by atoms with Gasteiger partial charge < -0.3 is 25.0 Å². The second-order valence-corrected chi connectivity index (χ2v) is 7.41. The molecule has 0 aliphatic carbocycles. The molecule has 1 aromatic rings. The van der Waals surface area contributed by atoms with Crippen LogP contribution in [0, 0.1) is 5.82 Å². The van der Waals surface area contributed by atoms with Gasteiger partial charge >= 0.3 is 0 Å². The van der Waals surface area contributed by atoms with Gasteiger partial charge in [-0.2, -0.15) is 0 Å². The molecule has 1 saturated heterocycles. The fraction of sp³-hybridized carbons (Fsp3) is 0.667. The van der Waals surface area contributed by atoms with E-state index in [0.29, 0.717) is 18.8 Å². The molecule has 6 nitrogen and oxygen atoms in total. The van der Waals surface area contributed by atoms with E-state index in [1.807, 2.05) is 6.92 Å². The van der Waals surface area contributed by atoms with Crippen molar-refractivity contribution in [3.8, 4) is 5.75 Å². The topological polar surface area (TPSA) is 58.1 Å². The fourth-order valence-corrected chi connectivity index (χ4v) is 3.28. The smallest absolute Gasteiger partial charge is 0.191 e. The average molecular weight is 522 g/mol. The van der Waals surface area contributed by atoms with Crippen LogP contribution in [0.1, 0.15) is 33.1 Å². The zero-order valence-corrected chi connectivity index (χ0v) is 20.4. The summed E-state index contributed by atoms with van der Waals surface area (Å²) in [6.45, 7) is 7.74. The SMILES string of the molecule is CCNC(=NCC1(N(C)C)CCOCC1)NCC(CC)Oc1cccc(F)c1.I. The Morgan fingerprint density at radius 3 is 2.59 bits per heavy atom. The van der Waals surface area contributed by atoms with Gasteiger partial charge in [0.05, 0.1) is 13.1 Å². The number of halogens is 2. The Morgan fingerprint density at radius 2 is 2.00 bits per heavy atom. The van der Waals surface area contributed by atoms with Crippen LogP contribution in [0.5, 0.6) is 5.75 Å². The lowest BCUT2D eigenvalue weighted by molar-refractivity contribution is -0.00255. The minimum Gasteiger partial charge on any atom is -0.489 e. The molecule has 1 unspecified atom stereocenters. The Bertz CT molecular complexity index is 624. The average Bonchev–Trinajstić information content (AvgIpc) is 2.69. The minimum atomic E-state index is -0.291. The van der Waals surface area contributed by atoms with Crippen LogP contribution in [-0.4, -0.2) is 69.4 Å². The van der Waals surface area contributed by atoms with E-state index in [-0.39, 0.29) is 41.4 Å². The number of aliphatic imine (C=N–C) groups is 1. The second-order valence-electron chi connectivity index (χ2n) is 7.41. The molecule has 0 amide bonds. The molecule has 0 saturated carbocycles. The molecule has 1 aliphatic heterocycles. The van der Waals surface area contributed by atoms with Crippen LogP contribution in [0.15, 0.2) is 29.3 Å². The molecule has 1 aliphatic rings. The Kier molecular flexibility index (Phi) is 11.8. The number of guanidine groups is 1. The van der Waals surface area contributed by atoms with Crippen molar-refractivity contribution in [2.45, 2.75) is 44.8 Å². The minimum absolute atomic E-state index is 0. The highest BCUT2D eigenvalue weighted by molar-refractivity contribution is 14.0. The third-order valence-corrected chi connectivity index (χ3v) is 5.30. The predicted molar refractivity (Wildman–Crippen MR) is 127 cm³/mol. The van der Waals surface area contributed by atoms with Gasteiger partial charge in [0.15, 0.2) is 5.96 Å². The van der Waals surface area contributed by atoms with E-state index < -0.39 is 0 Å². The van der Waals surface area contributed by atoms with Crippen LogP contribution in [0.2, 0.25) is 0 Å². The molecule has 8 heteroatoms. The maximum Gasteiger partial charge on any atom is 0.191 e. The fourth-order valence-electron chi connectivity index (χ4n) is 3.28. The first-order valence-corrected chi connectivity index (χ1v) is 10.2. The normalized spacial score (nSPS) is 17.4. The maximum atomic E-state index is 13.4. The van der Waals surface area contributed by atoms with Crippen molar-refractivity contribution in [3.63, 3.8) is 0 Å². The highest BCUT2D eigenvalue weighted by Gasteiger charge is 2.34. The van der Waals surface area contributed by atoms with Crippen LogP contribution in [0.4, 0.5) is 4.39 Å². The summed E-state index contributed by atoms with van der Waals surface area (Å²) in [4.78, 5) is 7.11. The maximum absolute atomic E-state index is 13.4. The number of ether oxygens (including phenoxy) is 2. The monoisotopic (exact) mass is 522 g/mol. The van der Waals surface area contributed by atoms with Gasteiger partial charge in [-0.3, -0.25) is 4.99 Å². The summed E-state index contributed by atoms with van der Waals surface area (Å²) < 4.78 is 24.8. The zero-order valence-electron chi connectivity index (χ0n) is 18.0. The van der Waals surface area contributed by atoms with E-state index in [1.54, 1.807) is 12.1 Å². The Morgan fingerprint density at radius 1 is 1.28 bits per heavy atom. The molecule has 0 bridgehead atoms. The third-order valence-electron chi connectivity index (χ3n) is 5.30. The third kappa shape index (κ3) is 8.25. The summed E-state index contributed by atoms with van der Waals surface area (Å²) >= 11 is 0. The van der Waals surface area contributed by atoms with Crippen molar-refractivity contribution in [2.75, 3.05) is 46.9 Å². The van der Waals surface area contributed by atoms with E-state index in [9.17, 15) is 4.39 Å². The summed E-state index contributed by atoms with van der Waals surface area (Å²) in [6.07, 6.45) is 2.69. The summed E-state index contributed by atoms with van der Waals surface area (Å²) in [6, 6.07) is 6.26. The lowest BCUT2D eigenvalue weighted by Crippen LogP contribution is -2.52. The first-order valence-electron chi connectivity index (χ1n) is 10.2. The lowest BCUT2D eigenvalue weighted by Gasteiger charge is -2.41. The molecule has 0 spiro atoms. The summed E-state index contributed by atoms with van der Waals surface area (Å²) in [7, 11) is 4.22. The molecule has 1 fully saturated rings. The summed E-state index contributed by atoms with van der Waals surface area (Å²) in [5.74, 6) is 1.03. The largest absolute Gasteiger partial charge is 0.489 e. The van der Waals surface area contributed by atoms with Crippen LogP contribution in [0.3, 0.4) is 0 Å². The molecule has 0 aromatic heterocycles. The van der Waals surface area contributed by atoms with Crippen LogP contribution in [0.25, 0.3) is 0 Å². The van der Waals surface area contributed by atoms with Crippen molar-refractivity contribution in [3.05, 3.63) is 30.1 Å². The second kappa shape index (κ2) is 13.2. The number of nitrogens with one attached hydrogen (secondary N) is 2. The van der Waals surface area contributed by atoms with Gasteiger partial charge in [-0.25, -0.2) is 4.39 Å². The van der Waals surface area contributed by atoms with Gasteiger partial charge in [0, 0.05) is 31.4 Å². The Balaban J connectivity index is 0.00000420. The quantitative estimate of drug-likeness (QED) is 0.296. The van der Waals surface area contributed by atoms with Crippen LogP contribution in [-0.2, 0) is 4.74 Å². The van der Waals surface area contributed by atoms with Crippen LogP contribution >= 0.6 is 24.0 Å². The summed E-state index contributed by atoms with van der Waals surface area (Å²) in [5, 5.41) is 6.68. The predicted octanol–water partition coefficient (Wildman–Crippen LogP) is 3.27. The van der Waals surface area contributed by atoms with Gasteiger partial charge in [-0.15, -0.1) is 24.0 Å². The molecule has 0 radical (unpaired) electrons. The van der Waals surface area contributed by atoms with Crippen LogP contribution < -0.4 is 15.4 Å². The standard InChI is InChI=1S/C21H35FN4O2.HI/c1-5-18(28-19-9-7-8-17(22)14-19)15-24-20(23-6-2)25-16-21(26(3)4)10-12-27-13-11-21;/h7-9,14,18H,5-6,10-13,15-16H2,1-4H3,(H2,23,24,25);1H. The number of rotatable bonds is 9. The van der Waals surface area contributed by atoms with Gasteiger partial charge in [0.25, 0.3) is 0 Å². The Hall–Kier alpha value is -1.13. The van der Waals surface area contributed by atoms with Crippen molar-refractivity contribution >= 4 is 29.9 Å². The van der Waals surface area contributed by atoms with Gasteiger partial charge in [-0.1, -0.05) is 13.0 Å². The summed E-state index contributed by atoms with van der Waals surface area (Å²) in [5.41, 5.74) is 0.0306. The van der Waals surface area contributed by atoms with E-state index in [4.69, 9.17) is 14.5 Å². The zero-order chi connectivity index (χ0) is 20.4. The number of benzene rings is 1. The molecule has 1 heterocycles. The van der Waals surface area contributed by atoms with E-state index in [1.165, 1.54) is 12.1 Å². The molecule has 29 heavy (non-hydrogen) atoms. The van der Waals surface area contributed by atoms with Crippen molar-refractivity contribution in [1.29, 1.82) is 0 Å². The number of likely N-dealkylation sites (N-methyl/N-ethyl adjacent to an activating group) is 1. The first-order chi connectivity index (χ1) is 13.5. The number of hydrogen-bond acceptors (Lipinski definition) is 4. The van der Waals surface area contributed by atoms with Crippen molar-refractivity contribution in [1.82, 2.24) is 15.5 Å².